The Morgan fingerprint density at radius 2 is 1.83 bits per heavy atom. The number of benzene rings is 2. The van der Waals surface area contributed by atoms with Crippen LogP contribution in [-0.2, 0) is 11.3 Å². The minimum Gasteiger partial charge on any atom is -0.454 e. The maximum Gasteiger partial charge on any atom is 0.250 e. The van der Waals surface area contributed by atoms with E-state index in [4.69, 9.17) is 21.7 Å². The Kier molecular flexibility index (Phi) is 6.18. The van der Waals surface area contributed by atoms with Crippen molar-refractivity contribution in [2.45, 2.75) is 24.1 Å². The van der Waals surface area contributed by atoms with E-state index in [-0.39, 0.29) is 24.2 Å². The molecule has 3 aliphatic rings. The molecule has 1 N–H and O–H groups in total. The lowest BCUT2D eigenvalue weighted by Crippen LogP contribution is -2.48. The van der Waals surface area contributed by atoms with Gasteiger partial charge in [-0.2, -0.15) is 0 Å². The van der Waals surface area contributed by atoms with E-state index in [1.165, 1.54) is 11.8 Å². The van der Waals surface area contributed by atoms with Crippen molar-refractivity contribution >= 4 is 39.9 Å². The van der Waals surface area contributed by atoms with Crippen molar-refractivity contribution < 1.29 is 14.3 Å². The summed E-state index contributed by atoms with van der Waals surface area (Å²) in [6.07, 6.45) is 1.06. The normalized spacial score (nSPS) is 20.4. The molecule has 7 nitrogen and oxygen atoms in total. The molecule has 3 aliphatic heterocycles. The predicted molar refractivity (Wildman–Crippen MR) is 144 cm³/mol. The number of hydrogen-bond acceptors (Lipinski definition) is 6. The highest BCUT2D eigenvalue weighted by atomic mass is 32.2. The number of hydrogen-bond donors (Lipinski definition) is 1. The Labute approximate surface area is 218 Å². The molecule has 1 fully saturated rings. The third-order valence-corrected chi connectivity index (χ3v) is 8.67. The van der Waals surface area contributed by atoms with Crippen LogP contribution >= 0.6 is 24.0 Å². The lowest BCUT2D eigenvalue weighted by atomic mass is 9.83. The zero-order chi connectivity index (χ0) is 24.6. The number of anilines is 1. The highest BCUT2D eigenvalue weighted by Gasteiger charge is 2.36. The third kappa shape index (κ3) is 4.49. The van der Waals surface area contributed by atoms with Crippen molar-refractivity contribution in [1.29, 1.82) is 0 Å². The number of thiocarbonyl (C=S) groups is 1. The molecule has 6 rings (SSSR count). The van der Waals surface area contributed by atoms with Gasteiger partial charge in [0.15, 0.2) is 11.5 Å². The van der Waals surface area contributed by atoms with Gasteiger partial charge in [-0.1, -0.05) is 60.4 Å². The Hall–Kier alpha value is -3.30. The zero-order valence-corrected chi connectivity index (χ0v) is 21.1. The van der Waals surface area contributed by atoms with Gasteiger partial charge in [0, 0.05) is 49.1 Å². The van der Waals surface area contributed by atoms with Crippen LogP contribution in [-0.4, -0.2) is 39.6 Å². The molecule has 2 aromatic carbocycles. The largest absolute Gasteiger partial charge is 0.454 e. The number of carbonyl (C=O) groups excluding carboxylic acids is 1. The van der Waals surface area contributed by atoms with Crippen LogP contribution in [0.25, 0.3) is 0 Å². The minimum absolute atomic E-state index is 0.0666. The molecular formula is C27H25N3O4S2. The number of carbonyl (C=O) groups is 1. The molecule has 3 aromatic rings. The van der Waals surface area contributed by atoms with E-state index >= 15 is 0 Å². The number of fused-ring (bicyclic) bond motifs is 5. The third-order valence-electron chi connectivity index (χ3n) is 6.94. The summed E-state index contributed by atoms with van der Waals surface area (Å²) in [6, 6.07) is 20.6. The zero-order valence-electron chi connectivity index (χ0n) is 19.5. The van der Waals surface area contributed by atoms with E-state index < -0.39 is 5.25 Å². The van der Waals surface area contributed by atoms with Crippen molar-refractivity contribution in [3.63, 3.8) is 0 Å². The molecule has 0 radical (unpaired) electrons. The number of nitrogens with zero attached hydrogens (tertiary/aromatic N) is 2. The number of rotatable bonds is 4. The predicted octanol–water partition coefficient (Wildman–Crippen LogP) is 4.39. The van der Waals surface area contributed by atoms with Crippen molar-refractivity contribution in [3.8, 4) is 11.5 Å². The van der Waals surface area contributed by atoms with E-state index in [2.05, 4.69) is 10.2 Å². The van der Waals surface area contributed by atoms with Gasteiger partial charge >= 0.3 is 0 Å². The second kappa shape index (κ2) is 9.63. The lowest BCUT2D eigenvalue weighted by molar-refractivity contribution is -0.115. The van der Waals surface area contributed by atoms with Crippen molar-refractivity contribution in [2.75, 3.05) is 25.2 Å². The summed E-state index contributed by atoms with van der Waals surface area (Å²) in [5, 5.41) is 2.51. The van der Waals surface area contributed by atoms with Gasteiger partial charge in [-0.05, 0) is 36.1 Å². The molecule has 2 bridgehead atoms. The van der Waals surface area contributed by atoms with Crippen LogP contribution in [0.15, 0.2) is 71.5 Å². The Morgan fingerprint density at radius 1 is 1.00 bits per heavy atom. The fraction of sp³-hybridized carbons (Fsp3) is 0.296. The first-order valence-electron chi connectivity index (χ1n) is 12.0. The molecule has 36 heavy (non-hydrogen) atoms. The molecule has 184 valence electrons. The molecule has 1 aromatic heterocycles. The topological polar surface area (TPSA) is 72.8 Å². The molecule has 0 aliphatic carbocycles. The Bertz CT molecular complexity index is 1380. The second-order valence-electron chi connectivity index (χ2n) is 9.33. The standard InChI is InChI=1S/C27H25N3O4S2/c31-24-8-4-7-21-19-11-17(14-30(21)24)13-29(15-19)27(35)36-25(18-5-2-1-3-6-18)26(32)28-20-9-10-22-23(12-20)34-16-33-22/h1-10,12,17,19,25H,11,13-16H2,(H,28,32)/t17-,19+,25+/m1/s1. The molecule has 3 atom stereocenters. The first kappa shape index (κ1) is 23.1. The molecule has 4 heterocycles. The van der Waals surface area contributed by atoms with Gasteiger partial charge in [-0.3, -0.25) is 9.59 Å². The highest BCUT2D eigenvalue weighted by Crippen LogP contribution is 2.39. The number of pyridine rings is 1. The van der Waals surface area contributed by atoms with Gasteiger partial charge in [0.05, 0.1) is 0 Å². The summed E-state index contributed by atoms with van der Waals surface area (Å²) in [7, 11) is 0. The van der Waals surface area contributed by atoms with Crippen LogP contribution in [0, 0.1) is 5.92 Å². The minimum atomic E-state index is -0.513. The lowest BCUT2D eigenvalue weighted by Gasteiger charge is -2.43. The van der Waals surface area contributed by atoms with Gasteiger partial charge in [-0.25, -0.2) is 0 Å². The van der Waals surface area contributed by atoms with Crippen LogP contribution in [0.5, 0.6) is 11.5 Å². The maximum atomic E-state index is 13.5. The number of thioether (sulfide) groups is 1. The highest BCUT2D eigenvalue weighted by molar-refractivity contribution is 8.23. The number of aromatic nitrogens is 1. The van der Waals surface area contributed by atoms with Gasteiger partial charge < -0.3 is 24.3 Å². The van der Waals surface area contributed by atoms with Crippen LogP contribution < -0.4 is 20.3 Å². The average molecular weight is 520 g/mol. The van der Waals surface area contributed by atoms with Crippen molar-refractivity contribution in [1.82, 2.24) is 9.47 Å². The van der Waals surface area contributed by atoms with Crippen LogP contribution in [0.2, 0.25) is 0 Å². The second-order valence-corrected chi connectivity index (χ2v) is 11.1. The summed E-state index contributed by atoms with van der Waals surface area (Å²) in [5.41, 5.74) is 2.68. The molecular weight excluding hydrogens is 494 g/mol. The van der Waals surface area contributed by atoms with Gasteiger partial charge in [0.25, 0.3) is 5.56 Å². The molecule has 1 saturated heterocycles. The van der Waals surface area contributed by atoms with E-state index in [0.29, 0.717) is 34.0 Å². The number of nitrogens with one attached hydrogen (secondary N) is 1. The monoisotopic (exact) mass is 519 g/mol. The number of ether oxygens (including phenoxy) is 2. The van der Waals surface area contributed by atoms with Gasteiger partial charge in [0.1, 0.15) is 9.57 Å². The Balaban J connectivity index is 1.21. The number of amides is 1. The molecule has 1 amide bonds. The van der Waals surface area contributed by atoms with E-state index in [1.807, 2.05) is 53.1 Å². The summed E-state index contributed by atoms with van der Waals surface area (Å²) in [5.74, 6) is 1.74. The summed E-state index contributed by atoms with van der Waals surface area (Å²) < 4.78 is 13.4. The van der Waals surface area contributed by atoms with Crippen LogP contribution in [0.1, 0.15) is 28.8 Å². The van der Waals surface area contributed by atoms with E-state index in [9.17, 15) is 9.59 Å². The smallest absolute Gasteiger partial charge is 0.250 e. The average Bonchev–Trinajstić information content (AvgIpc) is 3.36. The number of likely N-dealkylation sites (tertiary alicyclic amines) is 1. The maximum absolute atomic E-state index is 13.5. The van der Waals surface area contributed by atoms with E-state index in [0.717, 1.165) is 30.8 Å². The molecule has 0 spiro atoms. The van der Waals surface area contributed by atoms with Crippen molar-refractivity contribution in [2.24, 2.45) is 5.92 Å². The summed E-state index contributed by atoms with van der Waals surface area (Å²) in [6.45, 7) is 2.42. The van der Waals surface area contributed by atoms with Gasteiger partial charge in [0.2, 0.25) is 12.7 Å². The molecule has 0 saturated carbocycles. The molecule has 0 unspecified atom stereocenters. The van der Waals surface area contributed by atoms with Crippen LogP contribution in [0.3, 0.4) is 0 Å². The van der Waals surface area contributed by atoms with Crippen molar-refractivity contribution in [3.05, 3.63) is 88.3 Å². The van der Waals surface area contributed by atoms with Gasteiger partial charge in [-0.15, -0.1) is 0 Å². The van der Waals surface area contributed by atoms with Crippen LogP contribution in [0.4, 0.5) is 5.69 Å². The van der Waals surface area contributed by atoms with E-state index in [1.54, 1.807) is 18.2 Å². The first-order valence-corrected chi connectivity index (χ1v) is 13.2. The first-order chi connectivity index (χ1) is 17.5. The summed E-state index contributed by atoms with van der Waals surface area (Å²) >= 11 is 7.31. The summed E-state index contributed by atoms with van der Waals surface area (Å²) in [4.78, 5) is 28.1. The fourth-order valence-electron chi connectivity index (χ4n) is 5.30. The SMILES string of the molecule is O=C(Nc1ccc2c(c1)OCO2)[C@@H](SC(=S)N1C[C@H]2C[C@@H](C1)c1cccc(=O)n1C2)c1ccccc1. The fourth-order valence-corrected chi connectivity index (χ4v) is 6.70. The quantitative estimate of drug-likeness (QED) is 0.513. The Morgan fingerprint density at radius 3 is 2.69 bits per heavy atom. The molecule has 9 heteroatoms. The number of piperidine rings is 1.